The third kappa shape index (κ3) is 1.80. The lowest BCUT2D eigenvalue weighted by atomic mass is 10.4. The van der Waals surface area contributed by atoms with Crippen LogP contribution in [0.1, 0.15) is 24.1 Å². The maximum Gasteiger partial charge on any atom is 0.202 e. The molecule has 0 amide bonds. The summed E-state index contributed by atoms with van der Waals surface area (Å²) in [6, 6.07) is 3.90. The highest BCUT2D eigenvalue weighted by Gasteiger charge is 2.17. The molecule has 3 aromatic rings. The Morgan fingerprint density at radius 1 is 1.32 bits per heavy atom. The van der Waals surface area contributed by atoms with Crippen LogP contribution in [0.25, 0.3) is 11.2 Å². The van der Waals surface area contributed by atoms with E-state index in [4.69, 9.17) is 10.2 Å². The van der Waals surface area contributed by atoms with Crippen molar-refractivity contribution in [2.24, 2.45) is 0 Å². The van der Waals surface area contributed by atoms with Crippen molar-refractivity contribution < 1.29 is 4.42 Å². The van der Waals surface area contributed by atoms with Crippen LogP contribution in [-0.4, -0.2) is 19.3 Å². The molecular weight excluding hydrogens is 242 g/mol. The number of fused-ring (bicyclic) bond motifs is 1. The molecule has 0 spiro atoms. The van der Waals surface area contributed by atoms with Crippen LogP contribution < -0.4 is 5.73 Å². The number of aromatic nitrogens is 4. The van der Waals surface area contributed by atoms with Gasteiger partial charge >= 0.3 is 0 Å². The highest BCUT2D eigenvalue weighted by molar-refractivity contribution is 5.77. The first-order chi connectivity index (χ1) is 9.10. The van der Waals surface area contributed by atoms with Gasteiger partial charge in [-0.15, -0.1) is 0 Å². The Hall–Kier alpha value is -2.24. The van der Waals surface area contributed by atoms with Crippen LogP contribution in [-0.2, 0) is 13.1 Å². The van der Waals surface area contributed by atoms with E-state index in [1.165, 1.54) is 0 Å². The summed E-state index contributed by atoms with van der Waals surface area (Å²) in [5.74, 6) is 2.25. The lowest BCUT2D eigenvalue weighted by Gasteiger charge is -2.06. The largest absolute Gasteiger partial charge is 0.464 e. The van der Waals surface area contributed by atoms with E-state index in [2.05, 4.69) is 17.0 Å². The first kappa shape index (κ1) is 11.8. The molecule has 0 aromatic carbocycles. The van der Waals surface area contributed by atoms with Gasteiger partial charge in [0.2, 0.25) is 5.95 Å². The van der Waals surface area contributed by atoms with Crippen molar-refractivity contribution in [1.29, 1.82) is 0 Å². The average molecular weight is 259 g/mol. The molecule has 6 nitrogen and oxygen atoms in total. The SMILES string of the molecule is CCn1nc(C)c2nc(N)n(Cc3ccc(C)o3)c21. The first-order valence-corrected chi connectivity index (χ1v) is 6.34. The molecule has 0 unspecified atom stereocenters. The van der Waals surface area contributed by atoms with E-state index in [1.807, 2.05) is 35.2 Å². The van der Waals surface area contributed by atoms with Gasteiger partial charge in [-0.05, 0) is 32.9 Å². The van der Waals surface area contributed by atoms with Crippen LogP contribution in [0.3, 0.4) is 0 Å². The van der Waals surface area contributed by atoms with Crippen LogP contribution in [0.4, 0.5) is 5.95 Å². The number of imidazole rings is 1. The van der Waals surface area contributed by atoms with Gasteiger partial charge in [0.25, 0.3) is 0 Å². The predicted octanol–water partition coefficient (Wildman–Crippen LogP) is 2.09. The number of nitrogens with zero attached hydrogens (tertiary/aromatic N) is 4. The number of hydrogen-bond acceptors (Lipinski definition) is 4. The molecular formula is C13H17N5O. The fourth-order valence-corrected chi connectivity index (χ4v) is 2.34. The number of furan rings is 1. The molecule has 0 aliphatic rings. The van der Waals surface area contributed by atoms with Crippen molar-refractivity contribution >= 4 is 17.1 Å². The van der Waals surface area contributed by atoms with E-state index in [0.717, 1.165) is 34.9 Å². The summed E-state index contributed by atoms with van der Waals surface area (Å²) in [5, 5.41) is 4.46. The molecule has 0 saturated heterocycles. The summed E-state index contributed by atoms with van der Waals surface area (Å²) in [5.41, 5.74) is 8.73. The molecule has 100 valence electrons. The molecule has 2 N–H and O–H groups in total. The van der Waals surface area contributed by atoms with E-state index in [-0.39, 0.29) is 0 Å². The average Bonchev–Trinajstić information content (AvgIpc) is 3.00. The van der Waals surface area contributed by atoms with Crippen LogP contribution in [0.15, 0.2) is 16.5 Å². The van der Waals surface area contributed by atoms with E-state index < -0.39 is 0 Å². The summed E-state index contributed by atoms with van der Waals surface area (Å²) in [4.78, 5) is 4.40. The fraction of sp³-hybridized carbons (Fsp3) is 0.385. The molecule has 0 radical (unpaired) electrons. The van der Waals surface area contributed by atoms with Crippen LogP contribution in [0.2, 0.25) is 0 Å². The molecule has 0 atom stereocenters. The maximum absolute atomic E-state index is 6.01. The second kappa shape index (κ2) is 4.15. The number of anilines is 1. The van der Waals surface area contributed by atoms with E-state index in [1.54, 1.807) is 0 Å². The van der Waals surface area contributed by atoms with Gasteiger partial charge in [-0.25, -0.2) is 9.67 Å². The van der Waals surface area contributed by atoms with Gasteiger partial charge in [-0.1, -0.05) is 0 Å². The van der Waals surface area contributed by atoms with E-state index in [9.17, 15) is 0 Å². The van der Waals surface area contributed by atoms with E-state index in [0.29, 0.717) is 12.5 Å². The number of rotatable bonds is 3. The van der Waals surface area contributed by atoms with Gasteiger partial charge in [0.15, 0.2) is 5.65 Å². The Kier molecular flexibility index (Phi) is 2.58. The second-order valence-corrected chi connectivity index (χ2v) is 4.64. The Morgan fingerprint density at radius 3 is 2.74 bits per heavy atom. The van der Waals surface area contributed by atoms with E-state index >= 15 is 0 Å². The molecule has 19 heavy (non-hydrogen) atoms. The number of hydrogen-bond donors (Lipinski definition) is 1. The molecule has 3 heterocycles. The Balaban J connectivity index is 2.14. The van der Waals surface area contributed by atoms with Crippen LogP contribution in [0.5, 0.6) is 0 Å². The lowest BCUT2D eigenvalue weighted by molar-refractivity contribution is 0.471. The molecule has 3 rings (SSSR count). The normalized spacial score (nSPS) is 11.5. The summed E-state index contributed by atoms with van der Waals surface area (Å²) in [7, 11) is 0. The van der Waals surface area contributed by atoms with Crippen molar-refractivity contribution in [2.45, 2.75) is 33.9 Å². The molecule has 6 heteroatoms. The quantitative estimate of drug-likeness (QED) is 0.781. The van der Waals surface area contributed by atoms with Crippen molar-refractivity contribution in [3.05, 3.63) is 29.3 Å². The third-order valence-electron chi connectivity index (χ3n) is 3.24. The Labute approximate surface area is 110 Å². The van der Waals surface area contributed by atoms with Gasteiger partial charge in [-0.3, -0.25) is 4.57 Å². The molecule has 3 aromatic heterocycles. The van der Waals surface area contributed by atoms with Crippen molar-refractivity contribution in [1.82, 2.24) is 19.3 Å². The summed E-state index contributed by atoms with van der Waals surface area (Å²) in [6.45, 7) is 7.28. The van der Waals surface area contributed by atoms with Crippen LogP contribution in [0, 0.1) is 13.8 Å². The molecule has 0 aliphatic carbocycles. The minimum Gasteiger partial charge on any atom is -0.464 e. The maximum atomic E-state index is 6.01. The standard InChI is InChI=1S/C13H17N5O/c1-4-18-12-11(9(3)16-18)15-13(14)17(12)7-10-6-5-8(2)19-10/h5-6H,4,7H2,1-3H3,(H2,14,15). The number of nitrogen functional groups attached to an aromatic ring is 1. The summed E-state index contributed by atoms with van der Waals surface area (Å²) in [6.07, 6.45) is 0. The minimum atomic E-state index is 0.492. The zero-order valence-electron chi connectivity index (χ0n) is 11.3. The zero-order valence-corrected chi connectivity index (χ0v) is 11.3. The van der Waals surface area contributed by atoms with Crippen molar-refractivity contribution in [2.75, 3.05) is 5.73 Å². The highest BCUT2D eigenvalue weighted by Crippen LogP contribution is 2.22. The molecule has 0 saturated carbocycles. The van der Waals surface area contributed by atoms with Gasteiger partial charge < -0.3 is 10.2 Å². The highest BCUT2D eigenvalue weighted by atomic mass is 16.3. The lowest BCUT2D eigenvalue weighted by Crippen LogP contribution is -2.08. The van der Waals surface area contributed by atoms with Gasteiger partial charge in [0.1, 0.15) is 17.0 Å². The predicted molar refractivity (Wildman–Crippen MR) is 72.9 cm³/mol. The van der Waals surface area contributed by atoms with Crippen molar-refractivity contribution in [3.63, 3.8) is 0 Å². The molecule has 0 bridgehead atoms. The zero-order chi connectivity index (χ0) is 13.6. The Bertz CT molecular complexity index is 734. The van der Waals surface area contributed by atoms with Crippen molar-refractivity contribution in [3.8, 4) is 0 Å². The van der Waals surface area contributed by atoms with Gasteiger partial charge in [-0.2, -0.15) is 5.10 Å². The third-order valence-corrected chi connectivity index (χ3v) is 3.24. The number of nitrogens with two attached hydrogens (primary N) is 1. The summed E-state index contributed by atoms with van der Waals surface area (Å²) >= 11 is 0. The fourth-order valence-electron chi connectivity index (χ4n) is 2.34. The van der Waals surface area contributed by atoms with Crippen LogP contribution >= 0.6 is 0 Å². The monoisotopic (exact) mass is 259 g/mol. The summed E-state index contributed by atoms with van der Waals surface area (Å²) < 4.78 is 9.47. The van der Waals surface area contributed by atoms with Gasteiger partial charge in [0, 0.05) is 6.54 Å². The molecule has 0 aliphatic heterocycles. The topological polar surface area (TPSA) is 74.8 Å². The second-order valence-electron chi connectivity index (χ2n) is 4.64. The smallest absolute Gasteiger partial charge is 0.202 e. The molecule has 0 fully saturated rings. The number of aryl methyl sites for hydroxylation is 3. The van der Waals surface area contributed by atoms with Gasteiger partial charge in [0.05, 0.1) is 12.2 Å². The minimum absolute atomic E-state index is 0.492. The first-order valence-electron chi connectivity index (χ1n) is 6.34. The Morgan fingerprint density at radius 2 is 2.11 bits per heavy atom.